The number of hydrogen-bond acceptors (Lipinski definition) is 3. The fourth-order valence-electron chi connectivity index (χ4n) is 3.60. The van der Waals surface area contributed by atoms with E-state index in [1.165, 1.54) is 19.3 Å². The van der Waals surface area contributed by atoms with Gasteiger partial charge in [-0.1, -0.05) is 40.5 Å². The Balaban J connectivity index is 2.23. The van der Waals surface area contributed by atoms with Gasteiger partial charge in [0.1, 0.15) is 0 Å². The molecular formula is C14H27N3. The van der Waals surface area contributed by atoms with Crippen LogP contribution in [0, 0.1) is 17.8 Å². The lowest BCUT2D eigenvalue weighted by molar-refractivity contribution is 0.0421. The van der Waals surface area contributed by atoms with Gasteiger partial charge in [0.2, 0.25) is 0 Å². The first-order chi connectivity index (χ1) is 7.97. The zero-order valence-corrected chi connectivity index (χ0v) is 11.7. The van der Waals surface area contributed by atoms with Gasteiger partial charge in [0, 0.05) is 6.54 Å². The minimum absolute atomic E-state index is 0.228. The molecule has 0 aromatic rings. The second-order valence-electron chi connectivity index (χ2n) is 6.44. The van der Waals surface area contributed by atoms with E-state index in [2.05, 4.69) is 37.6 Å². The predicted molar refractivity (Wildman–Crippen MR) is 72.9 cm³/mol. The van der Waals surface area contributed by atoms with Gasteiger partial charge in [-0.05, 0) is 24.2 Å². The normalized spacial score (nSPS) is 37.9. The van der Waals surface area contributed by atoms with Gasteiger partial charge in [-0.15, -0.1) is 0 Å². The van der Waals surface area contributed by atoms with E-state index >= 15 is 0 Å². The third kappa shape index (κ3) is 2.04. The average Bonchev–Trinajstić information content (AvgIpc) is 2.55. The highest BCUT2D eigenvalue weighted by atomic mass is 15.4. The first-order valence-electron chi connectivity index (χ1n) is 7.05. The summed E-state index contributed by atoms with van der Waals surface area (Å²) in [6, 6.07) is 0. The Labute approximate surface area is 105 Å². The Hall–Kier alpha value is -0.730. The molecule has 2 N–H and O–H groups in total. The highest BCUT2D eigenvalue weighted by Crippen LogP contribution is 2.44. The summed E-state index contributed by atoms with van der Waals surface area (Å²) >= 11 is 0. The van der Waals surface area contributed by atoms with Gasteiger partial charge in [-0.2, -0.15) is 0 Å². The van der Waals surface area contributed by atoms with Crippen molar-refractivity contribution in [2.45, 2.75) is 52.5 Å². The monoisotopic (exact) mass is 237 g/mol. The zero-order chi connectivity index (χ0) is 12.6. The van der Waals surface area contributed by atoms with Crippen LogP contribution in [-0.2, 0) is 0 Å². The van der Waals surface area contributed by atoms with Crippen LogP contribution >= 0.6 is 0 Å². The summed E-state index contributed by atoms with van der Waals surface area (Å²) in [6.07, 6.45) is 3.94. The summed E-state index contributed by atoms with van der Waals surface area (Å²) < 4.78 is 0. The number of aliphatic imine (C=N–C) groups is 1. The van der Waals surface area contributed by atoms with Gasteiger partial charge in [0.05, 0.1) is 12.1 Å². The molecule has 0 aromatic heterocycles. The van der Waals surface area contributed by atoms with E-state index in [9.17, 15) is 0 Å². The lowest BCUT2D eigenvalue weighted by Crippen LogP contribution is -2.59. The summed E-state index contributed by atoms with van der Waals surface area (Å²) in [5.41, 5.74) is 6.34. The van der Waals surface area contributed by atoms with E-state index < -0.39 is 0 Å². The largest absolute Gasteiger partial charge is 0.370 e. The van der Waals surface area contributed by atoms with Gasteiger partial charge in [0.25, 0.3) is 0 Å². The Bertz CT molecular complexity index is 311. The maximum absolute atomic E-state index is 6.12. The third-order valence-electron chi connectivity index (χ3n) is 4.85. The second kappa shape index (κ2) is 4.51. The fourth-order valence-corrected chi connectivity index (χ4v) is 3.60. The summed E-state index contributed by atoms with van der Waals surface area (Å²) in [6.45, 7) is 11.3. The molecular weight excluding hydrogens is 210 g/mol. The van der Waals surface area contributed by atoms with Crippen LogP contribution in [0.3, 0.4) is 0 Å². The molecule has 17 heavy (non-hydrogen) atoms. The number of guanidine groups is 1. The van der Waals surface area contributed by atoms with E-state index in [4.69, 9.17) is 5.73 Å². The van der Waals surface area contributed by atoms with Crippen LogP contribution in [0.15, 0.2) is 4.99 Å². The van der Waals surface area contributed by atoms with Gasteiger partial charge >= 0.3 is 0 Å². The quantitative estimate of drug-likeness (QED) is 0.801. The van der Waals surface area contributed by atoms with E-state index in [0.29, 0.717) is 11.8 Å². The Kier molecular flexibility index (Phi) is 3.37. The molecule has 3 heteroatoms. The first-order valence-corrected chi connectivity index (χ1v) is 7.05. The van der Waals surface area contributed by atoms with Crippen molar-refractivity contribution >= 4 is 5.96 Å². The molecule has 1 spiro atoms. The molecule has 1 aliphatic heterocycles. The molecule has 3 unspecified atom stereocenters. The van der Waals surface area contributed by atoms with E-state index in [0.717, 1.165) is 25.0 Å². The minimum Gasteiger partial charge on any atom is -0.370 e. The Morgan fingerprint density at radius 1 is 1.47 bits per heavy atom. The van der Waals surface area contributed by atoms with Crippen LogP contribution in [0.25, 0.3) is 0 Å². The molecule has 1 aliphatic carbocycles. The number of nitrogens with zero attached hydrogens (tertiary/aromatic N) is 2. The molecule has 3 nitrogen and oxygen atoms in total. The van der Waals surface area contributed by atoms with Gasteiger partial charge in [-0.3, -0.25) is 4.99 Å². The van der Waals surface area contributed by atoms with E-state index in [-0.39, 0.29) is 5.54 Å². The highest BCUT2D eigenvalue weighted by Gasteiger charge is 2.49. The van der Waals surface area contributed by atoms with Crippen molar-refractivity contribution in [2.75, 3.05) is 13.1 Å². The molecule has 98 valence electrons. The molecule has 1 heterocycles. The molecule has 1 fully saturated rings. The average molecular weight is 237 g/mol. The van der Waals surface area contributed by atoms with Crippen LogP contribution in [0.5, 0.6) is 0 Å². The number of rotatable bonds is 2. The molecule has 1 saturated carbocycles. The molecule has 0 radical (unpaired) electrons. The van der Waals surface area contributed by atoms with E-state index in [1.807, 2.05) is 0 Å². The molecule has 0 amide bonds. The van der Waals surface area contributed by atoms with Crippen molar-refractivity contribution in [3.05, 3.63) is 0 Å². The van der Waals surface area contributed by atoms with Crippen LogP contribution < -0.4 is 5.73 Å². The van der Waals surface area contributed by atoms with Crippen molar-refractivity contribution < 1.29 is 0 Å². The summed E-state index contributed by atoms with van der Waals surface area (Å²) in [7, 11) is 0. The zero-order valence-electron chi connectivity index (χ0n) is 11.7. The van der Waals surface area contributed by atoms with Crippen LogP contribution in [0.2, 0.25) is 0 Å². The Morgan fingerprint density at radius 2 is 2.18 bits per heavy atom. The van der Waals surface area contributed by atoms with Gasteiger partial charge in [0.15, 0.2) is 5.96 Å². The molecule has 0 saturated heterocycles. The molecule has 3 atom stereocenters. The topological polar surface area (TPSA) is 41.6 Å². The molecule has 2 aliphatic rings. The predicted octanol–water partition coefficient (Wildman–Crippen LogP) is 2.47. The number of nitrogens with two attached hydrogens (primary N) is 1. The van der Waals surface area contributed by atoms with Crippen LogP contribution in [0.1, 0.15) is 47.0 Å². The van der Waals surface area contributed by atoms with Gasteiger partial charge in [-0.25, -0.2) is 0 Å². The van der Waals surface area contributed by atoms with Crippen molar-refractivity contribution in [1.29, 1.82) is 0 Å². The molecule has 2 rings (SSSR count). The Morgan fingerprint density at radius 3 is 2.82 bits per heavy atom. The van der Waals surface area contributed by atoms with Crippen LogP contribution in [0.4, 0.5) is 0 Å². The summed E-state index contributed by atoms with van der Waals surface area (Å²) in [4.78, 5) is 6.97. The van der Waals surface area contributed by atoms with Crippen LogP contribution in [-0.4, -0.2) is 29.5 Å². The van der Waals surface area contributed by atoms with Crippen molar-refractivity contribution in [1.82, 2.24) is 4.90 Å². The van der Waals surface area contributed by atoms with Gasteiger partial charge < -0.3 is 10.6 Å². The maximum atomic E-state index is 6.12. The lowest BCUT2D eigenvalue weighted by Gasteiger charge is -2.49. The third-order valence-corrected chi connectivity index (χ3v) is 4.85. The van der Waals surface area contributed by atoms with E-state index in [1.54, 1.807) is 0 Å². The first kappa shape index (κ1) is 12.7. The summed E-state index contributed by atoms with van der Waals surface area (Å²) in [5.74, 6) is 2.90. The maximum Gasteiger partial charge on any atom is 0.191 e. The fraction of sp³-hybridized carbons (Fsp3) is 0.929. The minimum atomic E-state index is 0.228. The highest BCUT2D eigenvalue weighted by molar-refractivity contribution is 5.81. The summed E-state index contributed by atoms with van der Waals surface area (Å²) in [5, 5.41) is 0. The van der Waals surface area contributed by atoms with Crippen molar-refractivity contribution in [3.8, 4) is 0 Å². The second-order valence-corrected chi connectivity index (χ2v) is 6.44. The molecule has 0 aromatic carbocycles. The smallest absolute Gasteiger partial charge is 0.191 e. The van der Waals surface area contributed by atoms with Crippen molar-refractivity contribution in [3.63, 3.8) is 0 Å². The lowest BCUT2D eigenvalue weighted by atomic mass is 9.67. The SMILES string of the molecule is CC(C)CN1C(N)=NCC12CCCC(C)C2C. The number of hydrogen-bond donors (Lipinski definition) is 1. The van der Waals surface area contributed by atoms with Crippen molar-refractivity contribution in [2.24, 2.45) is 28.5 Å². The molecule has 0 bridgehead atoms. The standard InChI is InChI=1S/C14H27N3/c1-10(2)8-17-13(15)16-9-14(17)7-5-6-11(3)12(14)4/h10-12H,5-9H2,1-4H3,(H2,15,16).